The predicted molar refractivity (Wildman–Crippen MR) is 129 cm³/mol. The van der Waals surface area contributed by atoms with Crippen molar-refractivity contribution in [1.82, 2.24) is 15.1 Å². The van der Waals surface area contributed by atoms with Crippen molar-refractivity contribution < 1.29 is 14.3 Å². The summed E-state index contributed by atoms with van der Waals surface area (Å²) in [7, 11) is 0. The van der Waals surface area contributed by atoms with Gasteiger partial charge in [-0.1, -0.05) is 12.1 Å². The minimum atomic E-state index is -0.522. The first kappa shape index (κ1) is 22.6. The average Bonchev–Trinajstić information content (AvgIpc) is 2.84. The van der Waals surface area contributed by atoms with E-state index in [9.17, 15) is 4.79 Å². The molecule has 1 aliphatic rings. The molecular formula is C26H30N4O3. The molecule has 1 atom stereocenters. The zero-order valence-corrected chi connectivity index (χ0v) is 19.4. The van der Waals surface area contributed by atoms with Crippen LogP contribution in [-0.4, -0.2) is 59.9 Å². The van der Waals surface area contributed by atoms with E-state index in [0.29, 0.717) is 32.8 Å². The Hall–Kier alpha value is -3.61. The molecule has 1 saturated heterocycles. The Morgan fingerprint density at radius 1 is 0.970 bits per heavy atom. The van der Waals surface area contributed by atoms with E-state index in [1.807, 2.05) is 86.3 Å². The summed E-state index contributed by atoms with van der Waals surface area (Å²) in [6.07, 6.45) is -0.522. The van der Waals surface area contributed by atoms with Crippen LogP contribution >= 0.6 is 0 Å². The molecule has 0 saturated carbocycles. The van der Waals surface area contributed by atoms with E-state index in [2.05, 4.69) is 15.1 Å². The molecule has 1 aliphatic heterocycles. The molecule has 0 aliphatic carbocycles. The van der Waals surface area contributed by atoms with E-state index >= 15 is 0 Å². The van der Waals surface area contributed by atoms with Gasteiger partial charge in [-0.15, -0.1) is 10.2 Å². The molecular weight excluding hydrogens is 416 g/mol. The maximum Gasteiger partial charge on any atom is 0.263 e. The highest BCUT2D eigenvalue weighted by Gasteiger charge is 2.26. The van der Waals surface area contributed by atoms with Crippen LogP contribution < -0.4 is 14.4 Å². The van der Waals surface area contributed by atoms with E-state index in [4.69, 9.17) is 9.47 Å². The van der Waals surface area contributed by atoms with Gasteiger partial charge in [0, 0.05) is 31.7 Å². The fourth-order valence-corrected chi connectivity index (χ4v) is 3.89. The standard InChI is InChI=1S/C26H30N4O3/c1-4-32-22-10-8-21(9-11-22)24-12-13-25(28-27-24)29-14-16-30(17-15-29)26(31)20(3)33-23-7-5-6-19(2)18-23/h5-13,18,20H,4,14-17H2,1-3H3. The molecule has 1 fully saturated rings. The van der Waals surface area contributed by atoms with Crippen LogP contribution in [0.25, 0.3) is 11.3 Å². The highest BCUT2D eigenvalue weighted by molar-refractivity contribution is 5.81. The van der Waals surface area contributed by atoms with Gasteiger partial charge in [0.05, 0.1) is 12.3 Å². The smallest absolute Gasteiger partial charge is 0.263 e. The van der Waals surface area contributed by atoms with Crippen molar-refractivity contribution in [1.29, 1.82) is 0 Å². The zero-order chi connectivity index (χ0) is 23.2. The van der Waals surface area contributed by atoms with Crippen LogP contribution in [0.15, 0.2) is 60.7 Å². The van der Waals surface area contributed by atoms with Crippen molar-refractivity contribution in [3.8, 4) is 22.8 Å². The Balaban J connectivity index is 1.31. The van der Waals surface area contributed by atoms with Crippen LogP contribution in [0.5, 0.6) is 11.5 Å². The van der Waals surface area contributed by atoms with Crippen LogP contribution in [0.2, 0.25) is 0 Å². The van der Waals surface area contributed by atoms with Gasteiger partial charge in [-0.25, -0.2) is 0 Å². The number of hydrogen-bond donors (Lipinski definition) is 0. The Morgan fingerprint density at radius 2 is 1.73 bits per heavy atom. The number of amides is 1. The van der Waals surface area contributed by atoms with Gasteiger partial charge in [0.1, 0.15) is 11.5 Å². The lowest BCUT2D eigenvalue weighted by Crippen LogP contribution is -2.52. The number of piperazine rings is 1. The summed E-state index contributed by atoms with van der Waals surface area (Å²) in [5.41, 5.74) is 2.92. The number of hydrogen-bond acceptors (Lipinski definition) is 6. The van der Waals surface area contributed by atoms with Crippen LogP contribution in [0.3, 0.4) is 0 Å². The quantitative estimate of drug-likeness (QED) is 0.547. The molecule has 1 amide bonds. The van der Waals surface area contributed by atoms with Crippen LogP contribution in [-0.2, 0) is 4.79 Å². The molecule has 7 heteroatoms. The number of ether oxygens (including phenoxy) is 2. The lowest BCUT2D eigenvalue weighted by atomic mass is 10.1. The third-order valence-corrected chi connectivity index (χ3v) is 5.68. The third-order valence-electron chi connectivity index (χ3n) is 5.68. The Kier molecular flexibility index (Phi) is 7.07. The maximum atomic E-state index is 12.8. The number of aromatic nitrogens is 2. The molecule has 1 aromatic heterocycles. The van der Waals surface area contributed by atoms with Gasteiger partial charge in [-0.3, -0.25) is 4.79 Å². The van der Waals surface area contributed by atoms with Gasteiger partial charge < -0.3 is 19.3 Å². The second-order valence-electron chi connectivity index (χ2n) is 8.12. The SMILES string of the molecule is CCOc1ccc(-c2ccc(N3CCN(C(=O)C(C)Oc4cccc(C)c4)CC3)nn2)cc1. The van der Waals surface area contributed by atoms with Crippen molar-refractivity contribution >= 4 is 11.7 Å². The molecule has 0 N–H and O–H groups in total. The van der Waals surface area contributed by atoms with Crippen LogP contribution in [0, 0.1) is 6.92 Å². The van der Waals surface area contributed by atoms with Gasteiger partial charge in [-0.05, 0) is 74.9 Å². The maximum absolute atomic E-state index is 12.8. The summed E-state index contributed by atoms with van der Waals surface area (Å²) < 4.78 is 11.4. The summed E-state index contributed by atoms with van der Waals surface area (Å²) in [5, 5.41) is 8.83. The molecule has 172 valence electrons. The Labute approximate surface area is 195 Å². The second kappa shape index (κ2) is 10.3. The second-order valence-corrected chi connectivity index (χ2v) is 8.12. The largest absolute Gasteiger partial charge is 0.494 e. The molecule has 0 spiro atoms. The number of nitrogens with zero attached hydrogens (tertiary/aromatic N) is 4. The normalized spacial score (nSPS) is 14.6. The first-order valence-corrected chi connectivity index (χ1v) is 11.4. The highest BCUT2D eigenvalue weighted by Crippen LogP contribution is 2.22. The molecule has 3 aromatic rings. The van der Waals surface area contributed by atoms with Gasteiger partial charge in [0.2, 0.25) is 0 Å². The molecule has 7 nitrogen and oxygen atoms in total. The van der Waals surface area contributed by atoms with Gasteiger partial charge in [-0.2, -0.15) is 0 Å². The number of carbonyl (C=O) groups is 1. The minimum Gasteiger partial charge on any atom is -0.494 e. The third kappa shape index (κ3) is 5.61. The molecule has 0 bridgehead atoms. The first-order valence-electron chi connectivity index (χ1n) is 11.4. The fourth-order valence-electron chi connectivity index (χ4n) is 3.89. The lowest BCUT2D eigenvalue weighted by Gasteiger charge is -2.36. The minimum absolute atomic E-state index is 0.00749. The van der Waals surface area contributed by atoms with Crippen molar-refractivity contribution in [3.63, 3.8) is 0 Å². The lowest BCUT2D eigenvalue weighted by molar-refractivity contribution is -0.138. The van der Waals surface area contributed by atoms with E-state index in [0.717, 1.165) is 34.1 Å². The monoisotopic (exact) mass is 446 g/mol. The number of carbonyl (C=O) groups excluding carboxylic acids is 1. The topological polar surface area (TPSA) is 67.8 Å². The molecule has 4 rings (SSSR count). The van der Waals surface area contributed by atoms with Crippen molar-refractivity contribution in [2.24, 2.45) is 0 Å². The van der Waals surface area contributed by atoms with Crippen molar-refractivity contribution in [2.45, 2.75) is 26.9 Å². The summed E-state index contributed by atoms with van der Waals surface area (Å²) in [6.45, 7) is 9.10. The summed E-state index contributed by atoms with van der Waals surface area (Å²) in [5.74, 6) is 2.39. The number of anilines is 1. The van der Waals surface area contributed by atoms with E-state index in [-0.39, 0.29) is 5.91 Å². The molecule has 33 heavy (non-hydrogen) atoms. The molecule has 2 heterocycles. The number of rotatable bonds is 7. The molecule has 1 unspecified atom stereocenters. The molecule has 2 aromatic carbocycles. The summed E-state index contributed by atoms with van der Waals surface area (Å²) >= 11 is 0. The summed E-state index contributed by atoms with van der Waals surface area (Å²) in [6, 6.07) is 19.6. The van der Waals surface area contributed by atoms with Crippen LogP contribution in [0.4, 0.5) is 5.82 Å². The Bertz CT molecular complexity index is 1060. The van der Waals surface area contributed by atoms with E-state index in [1.165, 1.54) is 0 Å². The van der Waals surface area contributed by atoms with Crippen LogP contribution in [0.1, 0.15) is 19.4 Å². The average molecular weight is 447 g/mol. The number of aryl methyl sites for hydroxylation is 1. The first-order chi connectivity index (χ1) is 16.0. The number of benzene rings is 2. The predicted octanol–water partition coefficient (Wildman–Crippen LogP) is 3.97. The van der Waals surface area contributed by atoms with E-state index < -0.39 is 6.10 Å². The summed E-state index contributed by atoms with van der Waals surface area (Å²) in [4.78, 5) is 16.9. The molecule has 0 radical (unpaired) electrons. The van der Waals surface area contributed by atoms with E-state index in [1.54, 1.807) is 0 Å². The van der Waals surface area contributed by atoms with Crippen molar-refractivity contribution in [2.75, 3.05) is 37.7 Å². The van der Waals surface area contributed by atoms with Gasteiger partial charge in [0.25, 0.3) is 5.91 Å². The van der Waals surface area contributed by atoms with Crippen molar-refractivity contribution in [3.05, 3.63) is 66.2 Å². The zero-order valence-electron chi connectivity index (χ0n) is 19.4. The van der Waals surface area contributed by atoms with Gasteiger partial charge in [0.15, 0.2) is 11.9 Å². The van der Waals surface area contributed by atoms with Gasteiger partial charge >= 0.3 is 0 Å². The highest BCUT2D eigenvalue weighted by atomic mass is 16.5. The Morgan fingerprint density at radius 3 is 2.36 bits per heavy atom. The fraction of sp³-hybridized carbons (Fsp3) is 0.346.